The second-order valence-corrected chi connectivity index (χ2v) is 10.1. The smallest absolute Gasteiger partial charge is 0.266 e. The predicted molar refractivity (Wildman–Crippen MR) is 135 cm³/mol. The maximum atomic E-state index is 13.2. The van der Waals surface area contributed by atoms with E-state index in [2.05, 4.69) is 50.9 Å². The number of amidine groups is 1. The van der Waals surface area contributed by atoms with Crippen LogP contribution >= 0.6 is 11.8 Å². The van der Waals surface area contributed by atoms with Gasteiger partial charge in [0.25, 0.3) is 5.91 Å². The molecule has 2 aromatic rings. The number of hydrogen-bond acceptors (Lipinski definition) is 5. The molecule has 1 saturated heterocycles. The SMILES string of the molecule is COCCN1C(=O)/C(=C/c2ccc3c(c2)[C@H](C)CC(C)(C)N3C)SC1=Nc1ccccc1. The highest BCUT2D eigenvalue weighted by Crippen LogP contribution is 2.43. The van der Waals surface area contributed by atoms with E-state index in [0.29, 0.717) is 29.1 Å². The molecule has 2 aliphatic heterocycles. The molecule has 1 fully saturated rings. The molecule has 168 valence electrons. The number of fused-ring (bicyclic) bond motifs is 1. The maximum Gasteiger partial charge on any atom is 0.266 e. The van der Waals surface area contributed by atoms with Gasteiger partial charge < -0.3 is 9.64 Å². The van der Waals surface area contributed by atoms with E-state index in [9.17, 15) is 4.79 Å². The molecular weight excluding hydrogens is 418 g/mol. The van der Waals surface area contributed by atoms with Crippen LogP contribution in [0.4, 0.5) is 11.4 Å². The van der Waals surface area contributed by atoms with Gasteiger partial charge in [-0.15, -0.1) is 0 Å². The molecule has 1 amide bonds. The van der Waals surface area contributed by atoms with Crippen molar-refractivity contribution in [1.82, 2.24) is 4.90 Å². The van der Waals surface area contributed by atoms with E-state index in [0.717, 1.165) is 17.7 Å². The Labute approximate surface area is 195 Å². The summed E-state index contributed by atoms with van der Waals surface area (Å²) in [5.74, 6) is 0.445. The number of ether oxygens (including phenoxy) is 1. The molecular formula is C26H31N3O2S. The maximum absolute atomic E-state index is 13.2. The number of hydrogen-bond donors (Lipinski definition) is 0. The Morgan fingerprint density at radius 1 is 1.22 bits per heavy atom. The van der Waals surface area contributed by atoms with Crippen LogP contribution in [0.3, 0.4) is 0 Å². The Balaban J connectivity index is 1.66. The first kappa shape index (κ1) is 22.6. The minimum atomic E-state index is -0.0225. The van der Waals surface area contributed by atoms with Gasteiger partial charge in [0.05, 0.1) is 23.7 Å². The fourth-order valence-electron chi connectivity index (χ4n) is 4.42. The van der Waals surface area contributed by atoms with E-state index >= 15 is 0 Å². The number of carbonyl (C=O) groups excluding carboxylic acids is 1. The van der Waals surface area contributed by atoms with Crippen molar-refractivity contribution in [2.24, 2.45) is 4.99 Å². The summed E-state index contributed by atoms with van der Waals surface area (Å²) in [7, 11) is 3.81. The molecule has 4 rings (SSSR count). The quantitative estimate of drug-likeness (QED) is 0.553. The van der Waals surface area contributed by atoms with Gasteiger partial charge in [0, 0.05) is 25.4 Å². The molecule has 5 nitrogen and oxygen atoms in total. The van der Waals surface area contributed by atoms with Crippen LogP contribution in [0.25, 0.3) is 6.08 Å². The molecule has 6 heteroatoms. The number of anilines is 1. The second kappa shape index (κ2) is 9.12. The van der Waals surface area contributed by atoms with Crippen LogP contribution in [-0.2, 0) is 9.53 Å². The normalized spacial score (nSPS) is 22.7. The Kier molecular flexibility index (Phi) is 6.45. The molecule has 0 radical (unpaired) electrons. The zero-order chi connectivity index (χ0) is 22.9. The highest BCUT2D eigenvalue weighted by atomic mass is 32.2. The highest BCUT2D eigenvalue weighted by Gasteiger charge is 2.35. The first-order chi connectivity index (χ1) is 15.3. The summed E-state index contributed by atoms with van der Waals surface area (Å²) >= 11 is 1.43. The third-order valence-corrected chi connectivity index (χ3v) is 7.35. The molecule has 2 aromatic carbocycles. The van der Waals surface area contributed by atoms with Crippen molar-refractivity contribution in [1.29, 1.82) is 0 Å². The number of amides is 1. The molecule has 0 unspecified atom stereocenters. The number of rotatable bonds is 5. The lowest BCUT2D eigenvalue weighted by atomic mass is 9.80. The lowest BCUT2D eigenvalue weighted by molar-refractivity contribution is -0.122. The van der Waals surface area contributed by atoms with Crippen LogP contribution in [-0.4, -0.2) is 48.8 Å². The van der Waals surface area contributed by atoms with E-state index in [1.807, 2.05) is 36.4 Å². The van der Waals surface area contributed by atoms with E-state index in [4.69, 9.17) is 9.73 Å². The third kappa shape index (κ3) is 4.48. The van der Waals surface area contributed by atoms with E-state index in [-0.39, 0.29) is 11.4 Å². The number of thioether (sulfide) groups is 1. The van der Waals surface area contributed by atoms with Crippen LogP contribution < -0.4 is 4.90 Å². The minimum Gasteiger partial charge on any atom is -0.383 e. The second-order valence-electron chi connectivity index (χ2n) is 9.09. The van der Waals surface area contributed by atoms with E-state index in [1.54, 1.807) is 12.0 Å². The number of carbonyl (C=O) groups is 1. The topological polar surface area (TPSA) is 45.1 Å². The Morgan fingerprint density at radius 2 is 1.97 bits per heavy atom. The summed E-state index contributed by atoms with van der Waals surface area (Å²) in [6.45, 7) is 7.81. The number of para-hydroxylation sites is 1. The van der Waals surface area contributed by atoms with Crippen molar-refractivity contribution in [3.63, 3.8) is 0 Å². The molecule has 0 spiro atoms. The third-order valence-electron chi connectivity index (χ3n) is 6.34. The fourth-order valence-corrected chi connectivity index (χ4v) is 5.45. The van der Waals surface area contributed by atoms with Crippen molar-refractivity contribution in [3.8, 4) is 0 Å². The molecule has 2 aliphatic rings. The van der Waals surface area contributed by atoms with Crippen LogP contribution in [0.2, 0.25) is 0 Å². The predicted octanol–water partition coefficient (Wildman–Crippen LogP) is 5.66. The monoisotopic (exact) mass is 449 g/mol. The van der Waals surface area contributed by atoms with Gasteiger partial charge in [-0.2, -0.15) is 0 Å². The molecule has 32 heavy (non-hydrogen) atoms. The Hall–Kier alpha value is -2.57. The van der Waals surface area contributed by atoms with Gasteiger partial charge in [0.2, 0.25) is 0 Å². The van der Waals surface area contributed by atoms with Crippen LogP contribution in [0.1, 0.15) is 44.2 Å². The lowest BCUT2D eigenvalue weighted by Gasteiger charge is -2.45. The lowest BCUT2D eigenvalue weighted by Crippen LogP contribution is -2.45. The van der Waals surface area contributed by atoms with Gasteiger partial charge in [0.15, 0.2) is 5.17 Å². The first-order valence-corrected chi connectivity index (χ1v) is 11.8. The molecule has 0 N–H and O–H groups in total. The van der Waals surface area contributed by atoms with Gasteiger partial charge in [-0.1, -0.05) is 31.2 Å². The van der Waals surface area contributed by atoms with Crippen molar-refractivity contribution in [2.45, 2.75) is 38.6 Å². The highest BCUT2D eigenvalue weighted by molar-refractivity contribution is 8.18. The van der Waals surface area contributed by atoms with Crippen molar-refractivity contribution in [2.75, 3.05) is 32.2 Å². The average molecular weight is 450 g/mol. The summed E-state index contributed by atoms with van der Waals surface area (Å²) in [5, 5.41) is 0.692. The first-order valence-electron chi connectivity index (χ1n) is 11.0. The average Bonchev–Trinajstić information content (AvgIpc) is 3.05. The number of nitrogens with zero attached hydrogens (tertiary/aromatic N) is 3. The zero-order valence-electron chi connectivity index (χ0n) is 19.5. The molecule has 0 aliphatic carbocycles. The van der Waals surface area contributed by atoms with Crippen LogP contribution in [0.15, 0.2) is 58.4 Å². The summed E-state index contributed by atoms with van der Waals surface area (Å²) in [4.78, 5) is 22.7. The van der Waals surface area contributed by atoms with Gasteiger partial charge in [-0.3, -0.25) is 9.69 Å². The molecule has 1 atom stereocenters. The number of aliphatic imine (C=N–C) groups is 1. The Bertz CT molecular complexity index is 1060. The minimum absolute atomic E-state index is 0.0225. The summed E-state index contributed by atoms with van der Waals surface area (Å²) in [5.41, 5.74) is 4.63. The van der Waals surface area contributed by atoms with Gasteiger partial charge in [-0.05, 0) is 79.4 Å². The van der Waals surface area contributed by atoms with Crippen molar-refractivity contribution >= 4 is 40.3 Å². The molecule has 0 bridgehead atoms. The standard InChI is InChI=1S/C26H31N3O2S/c1-18-17-26(2,3)28(4)22-12-11-19(15-21(18)22)16-23-24(30)29(13-14-31-5)25(32-23)27-20-9-7-6-8-10-20/h6-12,15-16,18H,13-14,17H2,1-5H3/b23-16-,27-25?/t18-/m1/s1. The summed E-state index contributed by atoms with van der Waals surface area (Å²) in [6.07, 6.45) is 3.09. The van der Waals surface area contributed by atoms with E-state index < -0.39 is 0 Å². The van der Waals surface area contributed by atoms with Crippen molar-refractivity contribution in [3.05, 3.63) is 64.6 Å². The van der Waals surface area contributed by atoms with Gasteiger partial charge in [0.1, 0.15) is 0 Å². The van der Waals surface area contributed by atoms with Crippen LogP contribution in [0, 0.1) is 0 Å². The Morgan fingerprint density at radius 3 is 2.69 bits per heavy atom. The van der Waals surface area contributed by atoms with Crippen LogP contribution in [0.5, 0.6) is 0 Å². The number of methoxy groups -OCH3 is 1. The fraction of sp³-hybridized carbons (Fsp3) is 0.385. The zero-order valence-corrected chi connectivity index (χ0v) is 20.3. The van der Waals surface area contributed by atoms with E-state index in [1.165, 1.54) is 23.0 Å². The van der Waals surface area contributed by atoms with Gasteiger partial charge in [-0.25, -0.2) is 4.99 Å². The van der Waals surface area contributed by atoms with Crippen molar-refractivity contribution < 1.29 is 9.53 Å². The molecule has 0 aromatic heterocycles. The summed E-state index contributed by atoms with van der Waals surface area (Å²) < 4.78 is 5.22. The molecule has 0 saturated carbocycles. The van der Waals surface area contributed by atoms with Gasteiger partial charge >= 0.3 is 0 Å². The number of benzene rings is 2. The molecule has 2 heterocycles. The summed E-state index contributed by atoms with van der Waals surface area (Å²) in [6, 6.07) is 16.3. The largest absolute Gasteiger partial charge is 0.383 e.